The largest absolute Gasteiger partial charge is 0.410 e. The number of hydrogen-bond acceptors (Lipinski definition) is 7. The Morgan fingerprint density at radius 2 is 1.89 bits per heavy atom. The number of amides is 1. The molecule has 1 amide bonds. The van der Waals surface area contributed by atoms with Crippen molar-refractivity contribution in [2.75, 3.05) is 18.1 Å². The maximum atomic E-state index is 13.3. The second kappa shape index (κ2) is 10.6. The van der Waals surface area contributed by atoms with Crippen molar-refractivity contribution in [2.45, 2.75) is 82.5 Å². The molecule has 3 rings (SSSR count). The molecule has 0 unspecified atom stereocenters. The van der Waals surface area contributed by atoms with Crippen LogP contribution in [-0.4, -0.2) is 69.6 Å². The van der Waals surface area contributed by atoms with E-state index in [1.807, 2.05) is 0 Å². The lowest BCUT2D eigenvalue weighted by Gasteiger charge is -2.35. The minimum atomic E-state index is -4.49. The molecule has 0 bridgehead atoms. The molecule has 2 aromatic rings. The summed E-state index contributed by atoms with van der Waals surface area (Å²) in [6, 6.07) is 1.47. The Morgan fingerprint density at radius 1 is 1.29 bits per heavy atom. The molecule has 0 radical (unpaired) electrons. The van der Waals surface area contributed by atoms with Gasteiger partial charge in [-0.3, -0.25) is 9.48 Å². The van der Waals surface area contributed by atoms with Crippen LogP contribution in [0.1, 0.15) is 62.5 Å². The van der Waals surface area contributed by atoms with E-state index in [1.54, 1.807) is 13.8 Å². The monoisotopic (exact) mass is 579 g/mol. The Labute approximate surface area is 225 Å². The number of halogens is 4. The molecule has 212 valence electrons. The lowest BCUT2D eigenvalue weighted by molar-refractivity contribution is -0.168. The SMILES string of the molecule is CCn1nc(C(=O)NC[C@]2(O)CC[C@@H](S(C)(=O)=O)CC2)c(Cl)c1-c1cnc(NC(C)(C)C(F)(F)F)cc1C. The first-order chi connectivity index (χ1) is 17.4. The molecule has 1 aliphatic rings. The molecule has 14 heteroatoms. The number of carbonyl (C=O) groups excluding carboxylic acids is 1. The highest BCUT2D eigenvalue weighted by Gasteiger charge is 2.47. The topological polar surface area (TPSA) is 126 Å². The van der Waals surface area contributed by atoms with E-state index in [4.69, 9.17) is 11.6 Å². The zero-order valence-corrected chi connectivity index (χ0v) is 23.5. The molecule has 0 spiro atoms. The van der Waals surface area contributed by atoms with Crippen LogP contribution in [0.3, 0.4) is 0 Å². The first kappa shape index (κ1) is 30.2. The molecular formula is C24H33ClF3N5O4S. The van der Waals surface area contributed by atoms with Crippen molar-refractivity contribution in [3.05, 3.63) is 28.5 Å². The number of hydrogen-bond donors (Lipinski definition) is 3. The van der Waals surface area contributed by atoms with Gasteiger partial charge in [0, 0.05) is 31.1 Å². The van der Waals surface area contributed by atoms with E-state index in [2.05, 4.69) is 20.7 Å². The average Bonchev–Trinajstić information content (AvgIpc) is 3.12. The van der Waals surface area contributed by atoms with Gasteiger partial charge in [-0.05, 0) is 65.0 Å². The van der Waals surface area contributed by atoms with Gasteiger partial charge >= 0.3 is 6.18 Å². The van der Waals surface area contributed by atoms with Gasteiger partial charge in [-0.25, -0.2) is 13.4 Å². The van der Waals surface area contributed by atoms with E-state index < -0.39 is 38.3 Å². The normalized spacial score (nSPS) is 20.8. The van der Waals surface area contributed by atoms with Crippen molar-refractivity contribution in [1.29, 1.82) is 0 Å². The second-order valence-corrected chi connectivity index (χ2v) is 13.1. The zero-order chi connectivity index (χ0) is 28.7. The molecule has 9 nitrogen and oxygen atoms in total. The van der Waals surface area contributed by atoms with Gasteiger partial charge in [-0.2, -0.15) is 18.3 Å². The third-order valence-corrected chi connectivity index (χ3v) is 9.01. The summed E-state index contributed by atoms with van der Waals surface area (Å²) < 4.78 is 64.9. The smallest absolute Gasteiger partial charge is 0.388 e. The number of aliphatic hydroxyl groups is 1. The van der Waals surface area contributed by atoms with Crippen molar-refractivity contribution < 1.29 is 31.5 Å². The van der Waals surface area contributed by atoms with Crippen molar-refractivity contribution in [3.63, 3.8) is 0 Å². The Morgan fingerprint density at radius 3 is 2.39 bits per heavy atom. The van der Waals surface area contributed by atoms with Crippen LogP contribution in [0.4, 0.5) is 19.0 Å². The molecule has 2 heterocycles. The molecule has 1 saturated carbocycles. The quantitative estimate of drug-likeness (QED) is 0.429. The number of alkyl halides is 3. The third-order valence-electron chi connectivity index (χ3n) is 6.97. The Balaban J connectivity index is 1.79. The van der Waals surface area contributed by atoms with Crippen molar-refractivity contribution in [1.82, 2.24) is 20.1 Å². The van der Waals surface area contributed by atoms with Gasteiger partial charge in [-0.15, -0.1) is 0 Å². The molecule has 1 fully saturated rings. The lowest BCUT2D eigenvalue weighted by atomic mass is 9.84. The maximum absolute atomic E-state index is 13.3. The van der Waals surface area contributed by atoms with Crippen molar-refractivity contribution in [2.24, 2.45) is 0 Å². The molecule has 0 aromatic carbocycles. The molecule has 3 N–H and O–H groups in total. The van der Waals surface area contributed by atoms with Crippen molar-refractivity contribution in [3.8, 4) is 11.3 Å². The van der Waals surface area contributed by atoms with Gasteiger partial charge in [0.05, 0.1) is 21.6 Å². The number of sulfone groups is 1. The summed E-state index contributed by atoms with van der Waals surface area (Å²) in [6.07, 6.45) is -0.876. The van der Waals surface area contributed by atoms with E-state index >= 15 is 0 Å². The minimum absolute atomic E-state index is 0.0315. The first-order valence-electron chi connectivity index (χ1n) is 12.2. The number of anilines is 1. The Kier molecular flexibility index (Phi) is 8.45. The van der Waals surface area contributed by atoms with Gasteiger partial charge in [0.2, 0.25) is 0 Å². The zero-order valence-electron chi connectivity index (χ0n) is 21.9. The number of aryl methyl sites for hydroxylation is 2. The minimum Gasteiger partial charge on any atom is -0.388 e. The Hall–Kier alpha value is -2.38. The molecule has 38 heavy (non-hydrogen) atoms. The number of aromatic nitrogens is 3. The fourth-order valence-corrected chi connectivity index (χ4v) is 5.81. The van der Waals surface area contributed by atoms with Crippen LogP contribution in [0.25, 0.3) is 11.3 Å². The molecule has 1 aliphatic carbocycles. The number of rotatable bonds is 8. The van der Waals surface area contributed by atoms with Gasteiger partial charge in [0.25, 0.3) is 5.91 Å². The molecular weight excluding hydrogens is 547 g/mol. The lowest BCUT2D eigenvalue weighted by Crippen LogP contribution is -2.47. The van der Waals surface area contributed by atoms with Crippen LogP contribution >= 0.6 is 11.6 Å². The highest BCUT2D eigenvalue weighted by atomic mass is 35.5. The summed E-state index contributed by atoms with van der Waals surface area (Å²) in [5, 5.41) is 19.7. The van der Waals surface area contributed by atoms with E-state index in [0.29, 0.717) is 36.2 Å². The van der Waals surface area contributed by atoms with Crippen LogP contribution in [0.5, 0.6) is 0 Å². The standard InChI is InChI=1S/C24H33ClF3N5O4S/c1-6-33-20(16-12-29-17(11-14(16)2)31-22(3,4)24(26,27)28)18(25)19(32-33)21(34)30-13-23(35)9-7-15(8-10-23)38(5,36)37/h11-12,15,35H,6-10,13H2,1-5H3,(H,29,31)(H,30,34)/t15-,23+. The van der Waals surface area contributed by atoms with Gasteiger partial charge < -0.3 is 15.7 Å². The van der Waals surface area contributed by atoms with Crippen LogP contribution in [0.2, 0.25) is 5.02 Å². The molecule has 0 atom stereocenters. The predicted molar refractivity (Wildman–Crippen MR) is 139 cm³/mol. The fraction of sp³-hybridized carbons (Fsp3) is 0.625. The molecule has 0 aliphatic heterocycles. The van der Waals surface area contributed by atoms with Crippen LogP contribution in [0, 0.1) is 6.92 Å². The van der Waals surface area contributed by atoms with Gasteiger partial charge in [0.15, 0.2) is 5.69 Å². The molecule has 2 aromatic heterocycles. The van der Waals surface area contributed by atoms with E-state index in [1.165, 1.54) is 23.2 Å². The summed E-state index contributed by atoms with van der Waals surface area (Å²) in [4.78, 5) is 17.1. The summed E-state index contributed by atoms with van der Waals surface area (Å²) in [7, 11) is -3.20. The number of nitrogens with one attached hydrogen (secondary N) is 2. The summed E-state index contributed by atoms with van der Waals surface area (Å²) >= 11 is 6.58. The number of pyridine rings is 1. The summed E-state index contributed by atoms with van der Waals surface area (Å²) in [6.45, 7) is 5.76. The summed E-state index contributed by atoms with van der Waals surface area (Å²) in [5.74, 6) is -0.581. The third kappa shape index (κ3) is 6.42. The van der Waals surface area contributed by atoms with E-state index in [9.17, 15) is 31.5 Å². The fourth-order valence-electron chi connectivity index (χ4n) is 4.40. The van der Waals surface area contributed by atoms with Crippen molar-refractivity contribution >= 4 is 33.2 Å². The first-order valence-corrected chi connectivity index (χ1v) is 14.5. The maximum Gasteiger partial charge on any atom is 0.410 e. The highest BCUT2D eigenvalue weighted by molar-refractivity contribution is 7.91. The second-order valence-electron chi connectivity index (χ2n) is 10.4. The van der Waals surface area contributed by atoms with E-state index in [0.717, 1.165) is 13.8 Å². The number of carbonyl (C=O) groups is 1. The van der Waals surface area contributed by atoms with Crippen LogP contribution in [-0.2, 0) is 16.4 Å². The van der Waals surface area contributed by atoms with Crippen LogP contribution < -0.4 is 10.6 Å². The predicted octanol–water partition coefficient (Wildman–Crippen LogP) is 4.13. The average molecular weight is 580 g/mol. The van der Waals surface area contributed by atoms with Crippen LogP contribution in [0.15, 0.2) is 12.3 Å². The number of nitrogens with zero attached hydrogens (tertiary/aromatic N) is 3. The van der Waals surface area contributed by atoms with Gasteiger partial charge in [-0.1, -0.05) is 11.6 Å². The Bertz CT molecular complexity index is 1300. The van der Waals surface area contributed by atoms with E-state index in [-0.39, 0.29) is 35.9 Å². The summed E-state index contributed by atoms with van der Waals surface area (Å²) in [5.41, 5.74) is -2.06. The molecule has 0 saturated heterocycles. The van der Waals surface area contributed by atoms with Gasteiger partial charge in [0.1, 0.15) is 21.2 Å². The highest BCUT2D eigenvalue weighted by Crippen LogP contribution is 2.36.